The largest absolute Gasteiger partial charge is 0.478 e. The zero-order chi connectivity index (χ0) is 15.6. The standard InChI is InChI=1S/C13H9F3N2O3/c1-7-6-8(11(19)20)2-3-9(7)21-12-17-5-4-10(18-12)13(14,15)16/h2-6H,1H3,(H,19,20). The number of halogens is 3. The van der Waals surface area contributed by atoms with E-state index in [9.17, 15) is 18.0 Å². The highest BCUT2D eigenvalue weighted by Gasteiger charge is 2.33. The Bertz CT molecular complexity index is 687. The monoisotopic (exact) mass is 298 g/mol. The van der Waals surface area contributed by atoms with E-state index >= 15 is 0 Å². The SMILES string of the molecule is Cc1cc(C(=O)O)ccc1Oc1nccc(C(F)(F)F)n1. The van der Waals surface area contributed by atoms with E-state index in [0.29, 0.717) is 5.56 Å². The number of aryl methyl sites for hydroxylation is 1. The molecule has 0 spiro atoms. The first-order chi connectivity index (χ1) is 9.77. The highest BCUT2D eigenvalue weighted by atomic mass is 19.4. The molecule has 1 heterocycles. The highest BCUT2D eigenvalue weighted by Crippen LogP contribution is 2.29. The van der Waals surface area contributed by atoms with Crippen LogP contribution >= 0.6 is 0 Å². The van der Waals surface area contributed by atoms with Crippen LogP contribution in [0.15, 0.2) is 30.5 Å². The molecule has 0 saturated carbocycles. The van der Waals surface area contributed by atoms with E-state index in [-0.39, 0.29) is 11.3 Å². The van der Waals surface area contributed by atoms with E-state index in [2.05, 4.69) is 9.97 Å². The number of carboxylic acid groups (broad SMARTS) is 1. The number of aromatic nitrogens is 2. The summed E-state index contributed by atoms with van der Waals surface area (Å²) in [6.07, 6.45) is -3.66. The molecule has 110 valence electrons. The summed E-state index contributed by atoms with van der Waals surface area (Å²) in [6.45, 7) is 1.56. The van der Waals surface area contributed by atoms with Gasteiger partial charge in [0.15, 0.2) is 5.69 Å². The van der Waals surface area contributed by atoms with Crippen LogP contribution in [0.3, 0.4) is 0 Å². The van der Waals surface area contributed by atoms with Crippen LogP contribution in [0.2, 0.25) is 0 Å². The Morgan fingerprint density at radius 2 is 2.00 bits per heavy atom. The number of hydrogen-bond donors (Lipinski definition) is 1. The average Bonchev–Trinajstić information content (AvgIpc) is 2.40. The predicted molar refractivity (Wildman–Crippen MR) is 65.2 cm³/mol. The van der Waals surface area contributed by atoms with Gasteiger partial charge in [-0.2, -0.15) is 18.2 Å². The van der Waals surface area contributed by atoms with E-state index in [1.165, 1.54) is 18.2 Å². The van der Waals surface area contributed by atoms with Gasteiger partial charge in [-0.1, -0.05) is 0 Å². The lowest BCUT2D eigenvalue weighted by Gasteiger charge is -2.09. The summed E-state index contributed by atoms with van der Waals surface area (Å²) >= 11 is 0. The maximum atomic E-state index is 12.5. The third-order valence-electron chi connectivity index (χ3n) is 2.55. The number of aromatic carboxylic acids is 1. The first kappa shape index (κ1) is 14.8. The van der Waals surface area contributed by atoms with Gasteiger partial charge >= 0.3 is 18.2 Å². The van der Waals surface area contributed by atoms with E-state index in [0.717, 1.165) is 12.3 Å². The number of carbonyl (C=O) groups is 1. The van der Waals surface area contributed by atoms with Crippen LogP contribution in [0.5, 0.6) is 11.8 Å². The Kier molecular flexibility index (Phi) is 3.79. The molecule has 0 atom stereocenters. The second-order valence-corrected chi connectivity index (χ2v) is 4.11. The Morgan fingerprint density at radius 1 is 1.29 bits per heavy atom. The molecule has 1 aromatic carbocycles. The van der Waals surface area contributed by atoms with Crippen LogP contribution in [0.25, 0.3) is 0 Å². The minimum atomic E-state index is -4.59. The molecular weight excluding hydrogens is 289 g/mol. The molecular formula is C13H9F3N2O3. The minimum Gasteiger partial charge on any atom is -0.478 e. The molecule has 2 aromatic rings. The van der Waals surface area contributed by atoms with Gasteiger partial charge in [-0.3, -0.25) is 0 Å². The molecule has 2 rings (SSSR count). The van der Waals surface area contributed by atoms with Gasteiger partial charge in [0.25, 0.3) is 0 Å². The molecule has 0 amide bonds. The number of alkyl halides is 3. The lowest BCUT2D eigenvalue weighted by molar-refractivity contribution is -0.141. The van der Waals surface area contributed by atoms with E-state index in [1.54, 1.807) is 6.92 Å². The van der Waals surface area contributed by atoms with Gasteiger partial charge in [0.05, 0.1) is 5.56 Å². The fourth-order valence-corrected chi connectivity index (χ4v) is 1.54. The van der Waals surface area contributed by atoms with Crippen molar-refractivity contribution in [3.8, 4) is 11.8 Å². The highest BCUT2D eigenvalue weighted by molar-refractivity contribution is 5.88. The number of rotatable bonds is 3. The maximum Gasteiger partial charge on any atom is 0.433 e. The number of nitrogens with zero attached hydrogens (tertiary/aromatic N) is 2. The van der Waals surface area contributed by atoms with Crippen LogP contribution in [0.4, 0.5) is 13.2 Å². The predicted octanol–water partition coefficient (Wildman–Crippen LogP) is 3.29. The first-order valence-electron chi connectivity index (χ1n) is 5.69. The van der Waals surface area contributed by atoms with Crippen molar-refractivity contribution in [1.82, 2.24) is 9.97 Å². The Labute approximate surface area is 117 Å². The maximum absolute atomic E-state index is 12.5. The molecule has 0 unspecified atom stereocenters. The van der Waals surface area contributed by atoms with Gasteiger partial charge in [0.2, 0.25) is 0 Å². The molecule has 0 aliphatic carbocycles. The molecule has 1 N–H and O–H groups in total. The molecule has 0 radical (unpaired) electrons. The van der Waals surface area contributed by atoms with Gasteiger partial charge in [-0.25, -0.2) is 9.78 Å². The molecule has 0 aliphatic rings. The summed E-state index contributed by atoms with van der Waals surface area (Å²) in [4.78, 5) is 17.6. The van der Waals surface area contributed by atoms with Gasteiger partial charge in [-0.15, -0.1) is 0 Å². The quantitative estimate of drug-likeness (QED) is 0.941. The van der Waals surface area contributed by atoms with E-state index in [4.69, 9.17) is 9.84 Å². The molecule has 0 fully saturated rings. The summed E-state index contributed by atoms with van der Waals surface area (Å²) in [5.41, 5.74) is -0.631. The summed E-state index contributed by atoms with van der Waals surface area (Å²) in [6, 6.07) is 4.22. The first-order valence-corrected chi connectivity index (χ1v) is 5.69. The van der Waals surface area contributed by atoms with Crippen molar-refractivity contribution in [3.63, 3.8) is 0 Å². The van der Waals surface area contributed by atoms with Crippen LogP contribution in [0.1, 0.15) is 21.6 Å². The number of carboxylic acids is 1. The molecule has 0 aliphatic heterocycles. The lowest BCUT2D eigenvalue weighted by atomic mass is 10.1. The summed E-state index contributed by atoms with van der Waals surface area (Å²) < 4.78 is 42.7. The Morgan fingerprint density at radius 3 is 2.57 bits per heavy atom. The molecule has 8 heteroatoms. The van der Waals surface area contributed by atoms with Crippen molar-refractivity contribution in [3.05, 3.63) is 47.3 Å². The average molecular weight is 298 g/mol. The van der Waals surface area contributed by atoms with Gasteiger partial charge < -0.3 is 9.84 Å². The number of benzene rings is 1. The van der Waals surface area contributed by atoms with Crippen LogP contribution in [0, 0.1) is 6.92 Å². The topological polar surface area (TPSA) is 72.3 Å². The van der Waals surface area contributed by atoms with Crippen molar-refractivity contribution in [1.29, 1.82) is 0 Å². The van der Waals surface area contributed by atoms with Crippen molar-refractivity contribution in [2.24, 2.45) is 0 Å². The smallest absolute Gasteiger partial charge is 0.433 e. The van der Waals surface area contributed by atoms with Gasteiger partial charge in [0.1, 0.15) is 5.75 Å². The van der Waals surface area contributed by atoms with Crippen LogP contribution < -0.4 is 4.74 Å². The summed E-state index contributed by atoms with van der Waals surface area (Å²) in [7, 11) is 0. The number of hydrogen-bond acceptors (Lipinski definition) is 4. The zero-order valence-electron chi connectivity index (χ0n) is 10.7. The van der Waals surface area contributed by atoms with Crippen molar-refractivity contribution < 1.29 is 27.8 Å². The van der Waals surface area contributed by atoms with Gasteiger partial charge in [0, 0.05) is 6.20 Å². The number of ether oxygens (including phenoxy) is 1. The zero-order valence-corrected chi connectivity index (χ0v) is 10.7. The fourth-order valence-electron chi connectivity index (χ4n) is 1.54. The van der Waals surface area contributed by atoms with Crippen LogP contribution in [-0.4, -0.2) is 21.0 Å². The summed E-state index contributed by atoms with van der Waals surface area (Å²) in [5.74, 6) is -0.931. The minimum absolute atomic E-state index is 0.0461. The Hall–Kier alpha value is -2.64. The molecule has 1 aromatic heterocycles. The second kappa shape index (κ2) is 5.39. The molecule has 0 saturated heterocycles. The van der Waals surface area contributed by atoms with Crippen LogP contribution in [-0.2, 0) is 6.18 Å². The fraction of sp³-hybridized carbons (Fsp3) is 0.154. The summed E-state index contributed by atoms with van der Waals surface area (Å²) in [5, 5.41) is 8.83. The molecule has 21 heavy (non-hydrogen) atoms. The third-order valence-corrected chi connectivity index (χ3v) is 2.55. The molecule has 0 bridgehead atoms. The lowest BCUT2D eigenvalue weighted by Crippen LogP contribution is -2.09. The normalized spacial score (nSPS) is 11.2. The third kappa shape index (κ3) is 3.47. The Balaban J connectivity index is 2.28. The van der Waals surface area contributed by atoms with Crippen molar-refractivity contribution in [2.45, 2.75) is 13.1 Å². The second-order valence-electron chi connectivity index (χ2n) is 4.11. The molecule has 5 nitrogen and oxygen atoms in total. The van der Waals surface area contributed by atoms with Crippen molar-refractivity contribution >= 4 is 5.97 Å². The van der Waals surface area contributed by atoms with Gasteiger partial charge in [-0.05, 0) is 36.8 Å². The van der Waals surface area contributed by atoms with E-state index < -0.39 is 23.8 Å². The van der Waals surface area contributed by atoms with E-state index in [1.807, 2.05) is 0 Å². The van der Waals surface area contributed by atoms with Crippen molar-refractivity contribution in [2.75, 3.05) is 0 Å².